The highest BCUT2D eigenvalue weighted by Crippen LogP contribution is 2.23. The number of nitrogens with one attached hydrogen (secondary N) is 1. The lowest BCUT2D eigenvalue weighted by molar-refractivity contribution is 0.262. The summed E-state index contributed by atoms with van der Waals surface area (Å²) in [5.74, 6) is 0. The average Bonchev–Trinajstić information content (AvgIpc) is 2.52. The molecule has 0 unspecified atom stereocenters. The van der Waals surface area contributed by atoms with Gasteiger partial charge in [-0.1, -0.05) is 6.92 Å². The topological polar surface area (TPSA) is 110 Å². The number of hydrogen-bond acceptors (Lipinski definition) is 5. The van der Waals surface area contributed by atoms with Gasteiger partial charge in [0.15, 0.2) is 0 Å². The summed E-state index contributed by atoms with van der Waals surface area (Å²) in [6, 6.07) is 5.04. The second-order valence-electron chi connectivity index (χ2n) is 5.61. The molecule has 2 rings (SSSR count). The van der Waals surface area contributed by atoms with Gasteiger partial charge in [0.2, 0.25) is 20.0 Å². The SMILES string of the molecule is CCCN(C1CCNCC1)S(=O)(=O)c1ccc(S(N)(=O)=O)cc1. The number of hydrogen-bond donors (Lipinski definition) is 2. The van der Waals surface area contributed by atoms with Crippen LogP contribution in [-0.4, -0.2) is 46.8 Å². The van der Waals surface area contributed by atoms with Gasteiger partial charge in [-0.3, -0.25) is 0 Å². The Hall–Kier alpha value is -1.00. The zero-order chi connectivity index (χ0) is 17.1. The van der Waals surface area contributed by atoms with Gasteiger partial charge in [0, 0.05) is 12.6 Å². The molecule has 0 bridgehead atoms. The maximum Gasteiger partial charge on any atom is 0.243 e. The highest BCUT2D eigenvalue weighted by Gasteiger charge is 2.31. The van der Waals surface area contributed by atoms with Gasteiger partial charge in [-0.15, -0.1) is 0 Å². The predicted octanol–water partition coefficient (Wildman–Crippen LogP) is 0.487. The maximum absolute atomic E-state index is 12.9. The summed E-state index contributed by atoms with van der Waals surface area (Å²) in [5.41, 5.74) is 0. The van der Waals surface area contributed by atoms with Gasteiger partial charge in [0.25, 0.3) is 0 Å². The van der Waals surface area contributed by atoms with E-state index < -0.39 is 20.0 Å². The third kappa shape index (κ3) is 4.30. The van der Waals surface area contributed by atoms with Crippen LogP contribution in [0.1, 0.15) is 26.2 Å². The maximum atomic E-state index is 12.9. The van der Waals surface area contributed by atoms with E-state index in [0.29, 0.717) is 6.54 Å². The molecule has 130 valence electrons. The van der Waals surface area contributed by atoms with Gasteiger partial charge in [0.05, 0.1) is 9.79 Å². The minimum Gasteiger partial charge on any atom is -0.317 e. The van der Waals surface area contributed by atoms with E-state index in [4.69, 9.17) is 5.14 Å². The lowest BCUT2D eigenvalue weighted by Gasteiger charge is -2.33. The Morgan fingerprint density at radius 1 is 1.09 bits per heavy atom. The first-order chi connectivity index (χ1) is 10.8. The van der Waals surface area contributed by atoms with E-state index in [-0.39, 0.29) is 15.8 Å². The molecule has 0 atom stereocenters. The fraction of sp³-hybridized carbons (Fsp3) is 0.571. The second-order valence-corrected chi connectivity index (χ2v) is 9.07. The van der Waals surface area contributed by atoms with Crippen molar-refractivity contribution in [1.82, 2.24) is 9.62 Å². The molecule has 1 aliphatic rings. The minimum atomic E-state index is -3.83. The van der Waals surface area contributed by atoms with E-state index in [1.54, 1.807) is 4.31 Å². The van der Waals surface area contributed by atoms with E-state index in [1.165, 1.54) is 24.3 Å². The summed E-state index contributed by atoms with van der Waals surface area (Å²) in [5, 5.41) is 8.27. The molecule has 0 spiro atoms. The number of nitrogens with two attached hydrogens (primary N) is 1. The van der Waals surface area contributed by atoms with Crippen LogP contribution in [0, 0.1) is 0 Å². The van der Waals surface area contributed by atoms with E-state index in [9.17, 15) is 16.8 Å². The zero-order valence-corrected chi connectivity index (χ0v) is 14.7. The van der Waals surface area contributed by atoms with Crippen LogP contribution in [0.5, 0.6) is 0 Å². The molecular formula is C14H23N3O4S2. The van der Waals surface area contributed by atoms with Crippen molar-refractivity contribution in [2.24, 2.45) is 5.14 Å². The molecule has 1 fully saturated rings. The fourth-order valence-corrected chi connectivity index (χ4v) is 5.04. The molecule has 3 N–H and O–H groups in total. The molecule has 0 aromatic heterocycles. The van der Waals surface area contributed by atoms with Crippen molar-refractivity contribution in [3.63, 3.8) is 0 Å². The van der Waals surface area contributed by atoms with Crippen LogP contribution in [0.4, 0.5) is 0 Å². The van der Waals surface area contributed by atoms with Gasteiger partial charge >= 0.3 is 0 Å². The molecule has 0 saturated carbocycles. The number of benzene rings is 1. The smallest absolute Gasteiger partial charge is 0.243 e. The molecule has 1 aliphatic heterocycles. The summed E-state index contributed by atoms with van der Waals surface area (Å²) in [6.07, 6.45) is 2.27. The van der Waals surface area contributed by atoms with Crippen molar-refractivity contribution >= 4 is 20.0 Å². The van der Waals surface area contributed by atoms with E-state index in [2.05, 4.69) is 5.32 Å². The first kappa shape index (κ1) is 18.3. The van der Waals surface area contributed by atoms with Crippen molar-refractivity contribution in [3.8, 4) is 0 Å². The molecule has 9 heteroatoms. The van der Waals surface area contributed by atoms with Gasteiger partial charge in [0.1, 0.15) is 0 Å². The van der Waals surface area contributed by atoms with Crippen LogP contribution in [-0.2, 0) is 20.0 Å². The molecule has 0 amide bonds. The summed E-state index contributed by atoms with van der Waals surface area (Å²) in [6.45, 7) is 3.98. The summed E-state index contributed by atoms with van der Waals surface area (Å²) >= 11 is 0. The van der Waals surface area contributed by atoms with Crippen LogP contribution in [0.2, 0.25) is 0 Å². The molecule has 0 aliphatic carbocycles. The van der Waals surface area contributed by atoms with Gasteiger partial charge in [-0.25, -0.2) is 22.0 Å². The minimum absolute atomic E-state index is 0.0286. The van der Waals surface area contributed by atoms with Gasteiger partial charge in [-0.05, 0) is 56.6 Å². The second kappa shape index (κ2) is 7.27. The number of sulfonamides is 2. The molecule has 23 heavy (non-hydrogen) atoms. The summed E-state index contributed by atoms with van der Waals surface area (Å²) in [7, 11) is -7.49. The van der Waals surface area contributed by atoms with Crippen LogP contribution in [0.25, 0.3) is 0 Å². The van der Waals surface area contributed by atoms with Crippen LogP contribution < -0.4 is 10.5 Å². The zero-order valence-electron chi connectivity index (χ0n) is 13.1. The van der Waals surface area contributed by atoms with Crippen molar-refractivity contribution < 1.29 is 16.8 Å². The lowest BCUT2D eigenvalue weighted by Crippen LogP contribution is -2.46. The molecular weight excluding hydrogens is 338 g/mol. The first-order valence-corrected chi connectivity index (χ1v) is 10.6. The van der Waals surface area contributed by atoms with Crippen molar-refractivity contribution in [2.75, 3.05) is 19.6 Å². The van der Waals surface area contributed by atoms with Gasteiger partial charge in [-0.2, -0.15) is 4.31 Å². The van der Waals surface area contributed by atoms with Gasteiger partial charge < -0.3 is 5.32 Å². The van der Waals surface area contributed by atoms with E-state index >= 15 is 0 Å². The Labute approximate surface area is 138 Å². The molecule has 1 aromatic carbocycles. The Balaban J connectivity index is 2.33. The third-order valence-electron chi connectivity index (χ3n) is 3.92. The van der Waals surface area contributed by atoms with Crippen molar-refractivity contribution in [1.29, 1.82) is 0 Å². The number of piperidine rings is 1. The Morgan fingerprint density at radius 2 is 1.61 bits per heavy atom. The predicted molar refractivity (Wildman–Crippen MR) is 87.9 cm³/mol. The number of nitrogens with zero attached hydrogens (tertiary/aromatic N) is 1. The summed E-state index contributed by atoms with van der Waals surface area (Å²) < 4.78 is 49.9. The Bertz CT molecular complexity index is 724. The molecule has 7 nitrogen and oxygen atoms in total. The standard InChI is InChI=1S/C14H23N3O4S2/c1-2-11-17(12-7-9-16-10-8-12)23(20,21)14-5-3-13(4-6-14)22(15,18)19/h3-6,12,16H,2,7-11H2,1H3,(H2,15,18,19). The Morgan fingerprint density at radius 3 is 2.09 bits per heavy atom. The molecule has 1 saturated heterocycles. The summed E-state index contributed by atoms with van der Waals surface area (Å²) in [4.78, 5) is -0.00256. The molecule has 1 aromatic rings. The normalized spacial score (nSPS) is 17.5. The largest absolute Gasteiger partial charge is 0.317 e. The van der Waals surface area contributed by atoms with E-state index in [0.717, 1.165) is 32.4 Å². The number of rotatable bonds is 6. The Kier molecular flexibility index (Phi) is 5.79. The fourth-order valence-electron chi connectivity index (χ4n) is 2.75. The highest BCUT2D eigenvalue weighted by molar-refractivity contribution is 7.89. The number of primary sulfonamides is 1. The third-order valence-corrected chi connectivity index (χ3v) is 6.81. The molecule has 0 radical (unpaired) electrons. The average molecular weight is 361 g/mol. The van der Waals surface area contributed by atoms with Crippen LogP contribution in [0.3, 0.4) is 0 Å². The van der Waals surface area contributed by atoms with Crippen molar-refractivity contribution in [3.05, 3.63) is 24.3 Å². The molecule has 1 heterocycles. The monoisotopic (exact) mass is 361 g/mol. The highest BCUT2D eigenvalue weighted by atomic mass is 32.2. The first-order valence-electron chi connectivity index (χ1n) is 7.62. The van der Waals surface area contributed by atoms with Crippen LogP contribution >= 0.6 is 0 Å². The van der Waals surface area contributed by atoms with Crippen LogP contribution in [0.15, 0.2) is 34.1 Å². The lowest BCUT2D eigenvalue weighted by atomic mass is 10.1. The quantitative estimate of drug-likeness (QED) is 0.766. The van der Waals surface area contributed by atoms with E-state index in [1.807, 2.05) is 6.92 Å². The van der Waals surface area contributed by atoms with Crippen molar-refractivity contribution in [2.45, 2.75) is 42.0 Å².